The second-order valence-electron chi connectivity index (χ2n) is 14.2. The number of ether oxygens (including phenoxy) is 2. The standard InChI is InChI=1S/C39H48N4O4/c44-38(40-25-32-10-6-20-47-32)29-12-13-34-35(24-29)43-26-30(39(45)42-16-14-31(15-17-42)41-18-21-46-22-19-41)23-28-9-4-5-11-33(28)37(43)36(34)27-7-2-1-3-8-27/h4-5,9,11-13,23-24,27,31-32H,1-3,6-8,10,14-22,25-26H2,(H,40,44)/t32-/m0/s1. The number of rotatable bonds is 6. The van der Waals surface area contributed by atoms with E-state index in [-0.39, 0.29) is 17.9 Å². The largest absolute Gasteiger partial charge is 0.379 e. The molecule has 8 nitrogen and oxygen atoms in total. The van der Waals surface area contributed by atoms with Gasteiger partial charge in [-0.2, -0.15) is 0 Å². The number of nitrogens with zero attached hydrogens (tertiary/aromatic N) is 3. The molecule has 4 fully saturated rings. The van der Waals surface area contributed by atoms with E-state index in [1.165, 1.54) is 54.3 Å². The molecule has 0 radical (unpaired) electrons. The number of nitrogens with one attached hydrogen (secondary N) is 1. The van der Waals surface area contributed by atoms with E-state index in [9.17, 15) is 9.59 Å². The monoisotopic (exact) mass is 636 g/mol. The molecule has 1 N–H and O–H groups in total. The van der Waals surface area contributed by atoms with Crippen molar-refractivity contribution in [2.45, 2.75) is 82.4 Å². The van der Waals surface area contributed by atoms with Crippen LogP contribution >= 0.6 is 0 Å². The Morgan fingerprint density at radius 1 is 0.851 bits per heavy atom. The molecule has 0 bridgehead atoms. The van der Waals surface area contributed by atoms with Crippen molar-refractivity contribution in [3.63, 3.8) is 0 Å². The molecule has 1 saturated carbocycles. The number of carbonyl (C=O) groups is 2. The number of piperidine rings is 1. The molecule has 4 aliphatic heterocycles. The maximum Gasteiger partial charge on any atom is 0.251 e. The van der Waals surface area contributed by atoms with Crippen molar-refractivity contribution in [3.05, 3.63) is 64.7 Å². The van der Waals surface area contributed by atoms with E-state index in [2.05, 4.69) is 62.2 Å². The zero-order valence-electron chi connectivity index (χ0n) is 27.6. The van der Waals surface area contributed by atoms with Crippen LogP contribution in [0.4, 0.5) is 0 Å². The molecule has 2 amide bonds. The van der Waals surface area contributed by atoms with Crippen molar-refractivity contribution in [1.82, 2.24) is 19.7 Å². The summed E-state index contributed by atoms with van der Waals surface area (Å²) in [5.74, 6) is 0.534. The van der Waals surface area contributed by atoms with Crippen molar-refractivity contribution in [1.29, 1.82) is 0 Å². The highest BCUT2D eigenvalue weighted by molar-refractivity contribution is 6.04. The smallest absolute Gasteiger partial charge is 0.251 e. The summed E-state index contributed by atoms with van der Waals surface area (Å²) in [5, 5.41) is 4.35. The molecule has 3 aromatic rings. The van der Waals surface area contributed by atoms with Crippen LogP contribution in [0.2, 0.25) is 0 Å². The topological polar surface area (TPSA) is 76.0 Å². The fourth-order valence-corrected chi connectivity index (χ4v) is 8.84. The molecule has 5 heterocycles. The van der Waals surface area contributed by atoms with Crippen LogP contribution in [-0.4, -0.2) is 90.9 Å². The maximum atomic E-state index is 14.4. The van der Waals surface area contributed by atoms with Crippen molar-refractivity contribution < 1.29 is 19.1 Å². The van der Waals surface area contributed by atoms with Crippen LogP contribution in [0.5, 0.6) is 0 Å². The van der Waals surface area contributed by atoms with Crippen LogP contribution in [0.25, 0.3) is 28.2 Å². The molecule has 8 rings (SSSR count). The SMILES string of the molecule is O=C(NC[C@@H]1CCCO1)c1ccc2c(C3CCCCC3)c3n(c2c1)CC(C(=O)N1CCC(N2CCOCC2)CC1)=Cc1ccccc1-3. The first-order valence-electron chi connectivity index (χ1n) is 18.1. The Morgan fingerprint density at radius 2 is 1.66 bits per heavy atom. The summed E-state index contributed by atoms with van der Waals surface area (Å²) in [7, 11) is 0. The van der Waals surface area contributed by atoms with E-state index < -0.39 is 0 Å². The van der Waals surface area contributed by atoms with Gasteiger partial charge in [-0.15, -0.1) is 0 Å². The van der Waals surface area contributed by atoms with Gasteiger partial charge in [-0.05, 0) is 73.8 Å². The molecular weight excluding hydrogens is 588 g/mol. The lowest BCUT2D eigenvalue weighted by molar-refractivity contribution is -0.129. The van der Waals surface area contributed by atoms with Crippen LogP contribution in [0.1, 0.15) is 85.2 Å². The third-order valence-corrected chi connectivity index (χ3v) is 11.4. The number of likely N-dealkylation sites (tertiary alicyclic amines) is 1. The Kier molecular flexibility index (Phi) is 8.91. The van der Waals surface area contributed by atoms with Crippen molar-refractivity contribution in [3.8, 4) is 11.3 Å². The minimum absolute atomic E-state index is 0.0684. The van der Waals surface area contributed by atoms with Crippen LogP contribution in [0, 0.1) is 0 Å². The number of hydrogen-bond acceptors (Lipinski definition) is 5. The van der Waals surface area contributed by atoms with Gasteiger partial charge in [-0.3, -0.25) is 14.5 Å². The summed E-state index contributed by atoms with van der Waals surface area (Å²) < 4.78 is 13.7. The van der Waals surface area contributed by atoms with E-state index in [0.717, 1.165) is 88.3 Å². The Hall–Kier alpha value is -3.46. The van der Waals surface area contributed by atoms with Gasteiger partial charge in [0.05, 0.1) is 31.6 Å². The van der Waals surface area contributed by atoms with Gasteiger partial charge < -0.3 is 24.3 Å². The van der Waals surface area contributed by atoms with Gasteiger partial charge in [-0.1, -0.05) is 49.6 Å². The van der Waals surface area contributed by atoms with Crippen LogP contribution in [-0.2, 0) is 20.8 Å². The van der Waals surface area contributed by atoms with Gasteiger partial charge in [0.2, 0.25) is 0 Å². The summed E-state index contributed by atoms with van der Waals surface area (Å²) in [4.78, 5) is 32.4. The van der Waals surface area contributed by atoms with Crippen LogP contribution < -0.4 is 5.32 Å². The average molecular weight is 637 g/mol. The summed E-state index contributed by atoms with van der Waals surface area (Å²) in [6.07, 6.45) is 12.4. The molecule has 248 valence electrons. The molecule has 47 heavy (non-hydrogen) atoms. The normalized spacial score (nSPS) is 22.9. The summed E-state index contributed by atoms with van der Waals surface area (Å²) >= 11 is 0. The first kappa shape index (κ1) is 30.8. The molecular formula is C39H48N4O4. The zero-order chi connectivity index (χ0) is 31.7. The molecule has 1 aliphatic carbocycles. The van der Waals surface area contributed by atoms with Crippen LogP contribution in [0.3, 0.4) is 0 Å². The maximum absolute atomic E-state index is 14.4. The van der Waals surface area contributed by atoms with Crippen molar-refractivity contribution in [2.24, 2.45) is 0 Å². The summed E-state index contributed by atoms with van der Waals surface area (Å²) in [6, 6.07) is 15.3. The van der Waals surface area contributed by atoms with Gasteiger partial charge in [0.1, 0.15) is 0 Å². The predicted molar refractivity (Wildman–Crippen MR) is 184 cm³/mol. The summed E-state index contributed by atoms with van der Waals surface area (Å²) in [6.45, 7) is 6.95. The van der Waals surface area contributed by atoms with Gasteiger partial charge >= 0.3 is 0 Å². The molecule has 0 spiro atoms. The Balaban J connectivity index is 1.15. The molecule has 2 aromatic carbocycles. The molecule has 5 aliphatic rings. The number of amides is 2. The van der Waals surface area contributed by atoms with Gasteiger partial charge in [0.25, 0.3) is 11.8 Å². The van der Waals surface area contributed by atoms with E-state index in [0.29, 0.717) is 30.6 Å². The molecule has 1 aromatic heterocycles. The molecule has 1 atom stereocenters. The van der Waals surface area contributed by atoms with Crippen LogP contribution in [0.15, 0.2) is 48.0 Å². The third-order valence-electron chi connectivity index (χ3n) is 11.4. The number of hydrogen-bond donors (Lipinski definition) is 1. The zero-order valence-corrected chi connectivity index (χ0v) is 27.6. The van der Waals surface area contributed by atoms with E-state index >= 15 is 0 Å². The first-order chi connectivity index (χ1) is 23.1. The Bertz CT molecular complexity index is 1650. The molecule has 8 heteroatoms. The van der Waals surface area contributed by atoms with Crippen molar-refractivity contribution >= 4 is 28.8 Å². The highest BCUT2D eigenvalue weighted by atomic mass is 16.5. The lowest BCUT2D eigenvalue weighted by Gasteiger charge is -2.40. The highest BCUT2D eigenvalue weighted by Crippen LogP contribution is 2.46. The lowest BCUT2D eigenvalue weighted by Crippen LogP contribution is -2.50. The number of benzene rings is 2. The quantitative estimate of drug-likeness (QED) is 0.360. The number of fused-ring (bicyclic) bond motifs is 5. The fraction of sp³-hybridized carbons (Fsp3) is 0.538. The second kappa shape index (κ2) is 13.6. The number of morpholine rings is 1. The van der Waals surface area contributed by atoms with E-state index in [1.807, 2.05) is 6.07 Å². The fourth-order valence-electron chi connectivity index (χ4n) is 8.84. The Labute approximate surface area is 278 Å². The van der Waals surface area contributed by atoms with E-state index in [1.54, 1.807) is 0 Å². The first-order valence-corrected chi connectivity index (χ1v) is 18.1. The average Bonchev–Trinajstić information content (AvgIpc) is 3.73. The second-order valence-corrected chi connectivity index (χ2v) is 14.2. The highest BCUT2D eigenvalue weighted by Gasteiger charge is 2.33. The number of carbonyl (C=O) groups excluding carboxylic acids is 2. The third kappa shape index (κ3) is 6.16. The molecule has 0 unspecified atom stereocenters. The molecule has 3 saturated heterocycles. The van der Waals surface area contributed by atoms with Gasteiger partial charge in [0.15, 0.2) is 0 Å². The van der Waals surface area contributed by atoms with Gasteiger partial charge in [-0.25, -0.2) is 0 Å². The van der Waals surface area contributed by atoms with E-state index in [4.69, 9.17) is 9.47 Å². The number of aromatic nitrogens is 1. The summed E-state index contributed by atoms with van der Waals surface area (Å²) in [5.41, 5.74) is 7.43. The predicted octanol–water partition coefficient (Wildman–Crippen LogP) is 5.99. The lowest BCUT2D eigenvalue weighted by atomic mass is 9.81. The Morgan fingerprint density at radius 3 is 2.45 bits per heavy atom. The minimum atomic E-state index is -0.0684. The van der Waals surface area contributed by atoms with Gasteiger partial charge in [0, 0.05) is 73.0 Å². The van der Waals surface area contributed by atoms with Crippen molar-refractivity contribution in [2.75, 3.05) is 52.5 Å². The minimum Gasteiger partial charge on any atom is -0.379 e.